The van der Waals surface area contributed by atoms with Crippen molar-refractivity contribution in [2.45, 2.75) is 33.1 Å². The molecule has 0 aliphatic rings. The summed E-state index contributed by atoms with van der Waals surface area (Å²) in [6, 6.07) is 10.9. The highest BCUT2D eigenvalue weighted by Crippen LogP contribution is 2.36. The van der Waals surface area contributed by atoms with Crippen molar-refractivity contribution in [3.63, 3.8) is 0 Å². The van der Waals surface area contributed by atoms with E-state index in [0.29, 0.717) is 44.9 Å². The van der Waals surface area contributed by atoms with Crippen molar-refractivity contribution < 1.29 is 9.47 Å². The second-order valence-electron chi connectivity index (χ2n) is 7.01. The number of fused-ring (bicyclic) bond motifs is 1. The first-order valence-corrected chi connectivity index (χ1v) is 11.7. The summed E-state index contributed by atoms with van der Waals surface area (Å²) in [5.41, 5.74) is 1.10. The third-order valence-corrected chi connectivity index (χ3v) is 5.90. The van der Waals surface area contributed by atoms with Crippen LogP contribution in [0.3, 0.4) is 0 Å². The minimum absolute atomic E-state index is 0.0420. The molecule has 9 heteroatoms. The molecule has 0 aliphatic heterocycles. The Morgan fingerprint density at radius 3 is 2.72 bits per heavy atom. The molecule has 0 spiro atoms. The van der Waals surface area contributed by atoms with Gasteiger partial charge < -0.3 is 9.47 Å². The lowest BCUT2D eigenvalue weighted by Crippen LogP contribution is -2.23. The van der Waals surface area contributed by atoms with E-state index < -0.39 is 0 Å². The fourth-order valence-corrected chi connectivity index (χ4v) is 4.01. The number of benzene rings is 2. The van der Waals surface area contributed by atoms with Crippen molar-refractivity contribution in [2.75, 3.05) is 13.2 Å². The maximum atomic E-state index is 13.3. The van der Waals surface area contributed by atoms with Gasteiger partial charge in [-0.25, -0.2) is 4.98 Å². The third kappa shape index (κ3) is 5.19. The van der Waals surface area contributed by atoms with Gasteiger partial charge in [0.2, 0.25) is 0 Å². The number of ether oxygens (including phenoxy) is 2. The van der Waals surface area contributed by atoms with Gasteiger partial charge in [-0.2, -0.15) is 15.0 Å². The molecule has 2 aromatic carbocycles. The van der Waals surface area contributed by atoms with Gasteiger partial charge in [-0.05, 0) is 65.2 Å². The van der Waals surface area contributed by atoms with Gasteiger partial charge >= 0.3 is 0 Å². The summed E-state index contributed by atoms with van der Waals surface area (Å²) >= 11 is 6.88. The van der Waals surface area contributed by atoms with Crippen molar-refractivity contribution in [3.8, 4) is 17.6 Å². The molecule has 0 radical (unpaired) electrons. The first-order valence-electron chi connectivity index (χ1n) is 10.1. The van der Waals surface area contributed by atoms with Crippen LogP contribution in [0.25, 0.3) is 10.9 Å². The number of nitrogens with zero attached hydrogens (tertiary/aromatic N) is 4. The van der Waals surface area contributed by atoms with Gasteiger partial charge in [0, 0.05) is 10.4 Å². The Hall–Kier alpha value is -2.70. The highest BCUT2D eigenvalue weighted by molar-refractivity contribution is 9.10. The van der Waals surface area contributed by atoms with E-state index in [2.05, 4.69) is 37.0 Å². The lowest BCUT2D eigenvalue weighted by molar-refractivity contribution is 0.297. The van der Waals surface area contributed by atoms with Gasteiger partial charge in [0.1, 0.15) is 11.9 Å². The van der Waals surface area contributed by atoms with E-state index in [-0.39, 0.29) is 18.1 Å². The normalized spacial score (nSPS) is 12.1. The molecule has 0 saturated carbocycles. The quantitative estimate of drug-likeness (QED) is 0.333. The Morgan fingerprint density at radius 2 is 2.03 bits per heavy atom. The van der Waals surface area contributed by atoms with Crippen LogP contribution in [-0.2, 0) is 0 Å². The summed E-state index contributed by atoms with van der Waals surface area (Å²) in [7, 11) is 0. The summed E-state index contributed by atoms with van der Waals surface area (Å²) in [6.45, 7) is 6.25. The summed E-state index contributed by atoms with van der Waals surface area (Å²) in [5.74, 6) is 1.57. The molecule has 0 amide bonds. The van der Waals surface area contributed by atoms with E-state index in [1.165, 1.54) is 4.68 Å². The zero-order chi connectivity index (χ0) is 23.3. The molecule has 1 heterocycles. The van der Waals surface area contributed by atoms with Crippen molar-refractivity contribution in [1.82, 2.24) is 9.66 Å². The van der Waals surface area contributed by atoms with Crippen LogP contribution in [0.4, 0.5) is 0 Å². The fourth-order valence-electron chi connectivity index (χ4n) is 3.07. The van der Waals surface area contributed by atoms with E-state index in [1.54, 1.807) is 24.4 Å². The molecule has 3 rings (SSSR count). The van der Waals surface area contributed by atoms with Crippen LogP contribution in [0.15, 0.2) is 49.2 Å². The third-order valence-electron chi connectivity index (χ3n) is 4.82. The fraction of sp³-hybridized carbons (Fsp3) is 0.304. The van der Waals surface area contributed by atoms with Gasteiger partial charge in [-0.3, -0.25) is 4.79 Å². The van der Waals surface area contributed by atoms with Crippen LogP contribution in [0.5, 0.6) is 11.5 Å². The Balaban J connectivity index is 2.12. The first-order chi connectivity index (χ1) is 15.4. The number of rotatable bonds is 8. The Morgan fingerprint density at radius 1 is 1.25 bits per heavy atom. The minimum atomic E-state index is -0.235. The van der Waals surface area contributed by atoms with Crippen LogP contribution < -0.4 is 15.0 Å². The molecule has 0 bridgehead atoms. The topological polar surface area (TPSA) is 89.5 Å². The monoisotopic (exact) mass is 560 g/mol. The van der Waals surface area contributed by atoms with E-state index in [9.17, 15) is 4.79 Å². The van der Waals surface area contributed by atoms with Crippen molar-refractivity contribution in [2.24, 2.45) is 5.10 Å². The van der Waals surface area contributed by atoms with Crippen LogP contribution in [-0.4, -0.2) is 29.1 Å². The zero-order valence-electron chi connectivity index (χ0n) is 17.9. The van der Waals surface area contributed by atoms with Crippen LogP contribution in [0.1, 0.15) is 44.5 Å². The maximum absolute atomic E-state index is 13.3. The molecular formula is C23H22Br2N4O3. The summed E-state index contributed by atoms with van der Waals surface area (Å²) in [6.07, 6.45) is 2.40. The largest absolute Gasteiger partial charge is 0.490 e. The standard InChI is InChI=1S/C23H22Br2N4O3/c1-4-14(3)22-28-19-7-6-16(24)12-17(19)23(30)29(22)27-13-15-10-18(25)21(32-9-8-26)20(11-15)31-5-2/h6-7,10-14H,4-5,9H2,1-3H3/t14-/m1/s1. The molecule has 0 saturated heterocycles. The average Bonchev–Trinajstić information content (AvgIpc) is 2.78. The average molecular weight is 562 g/mol. The molecule has 166 valence electrons. The molecule has 0 fully saturated rings. The van der Waals surface area contributed by atoms with Gasteiger partial charge in [-0.15, -0.1) is 0 Å². The smallest absolute Gasteiger partial charge is 0.282 e. The van der Waals surface area contributed by atoms with Gasteiger partial charge in [-0.1, -0.05) is 29.8 Å². The van der Waals surface area contributed by atoms with E-state index in [0.717, 1.165) is 10.9 Å². The molecule has 0 unspecified atom stereocenters. The molecule has 0 aliphatic carbocycles. The maximum Gasteiger partial charge on any atom is 0.282 e. The van der Waals surface area contributed by atoms with Gasteiger partial charge in [0.15, 0.2) is 18.1 Å². The van der Waals surface area contributed by atoms with Crippen molar-refractivity contribution in [3.05, 3.63) is 61.0 Å². The van der Waals surface area contributed by atoms with Crippen LogP contribution in [0, 0.1) is 11.3 Å². The highest BCUT2D eigenvalue weighted by atomic mass is 79.9. The summed E-state index contributed by atoms with van der Waals surface area (Å²) in [5, 5.41) is 13.8. The number of aromatic nitrogens is 2. The molecule has 0 N–H and O–H groups in total. The zero-order valence-corrected chi connectivity index (χ0v) is 21.1. The SMILES string of the molecule is CCOc1cc(C=Nn2c([C@H](C)CC)nc3ccc(Br)cc3c2=O)cc(Br)c1OCC#N. The van der Waals surface area contributed by atoms with Gasteiger partial charge in [0.25, 0.3) is 5.56 Å². The summed E-state index contributed by atoms with van der Waals surface area (Å²) in [4.78, 5) is 18.0. The van der Waals surface area contributed by atoms with E-state index in [1.807, 2.05) is 39.0 Å². The molecule has 3 aromatic rings. The predicted octanol–water partition coefficient (Wildman–Crippen LogP) is 5.62. The minimum Gasteiger partial charge on any atom is -0.490 e. The molecule has 7 nitrogen and oxygen atoms in total. The van der Waals surface area contributed by atoms with E-state index >= 15 is 0 Å². The molecular weight excluding hydrogens is 540 g/mol. The Bertz CT molecular complexity index is 1260. The lowest BCUT2D eigenvalue weighted by atomic mass is 10.1. The Kier molecular flexibility index (Phi) is 8.04. The van der Waals surface area contributed by atoms with Crippen LogP contribution in [0.2, 0.25) is 0 Å². The highest BCUT2D eigenvalue weighted by Gasteiger charge is 2.16. The lowest BCUT2D eigenvalue weighted by Gasteiger charge is -2.14. The number of hydrogen-bond donors (Lipinski definition) is 0. The van der Waals surface area contributed by atoms with Crippen LogP contribution >= 0.6 is 31.9 Å². The Labute approximate surface area is 202 Å². The second kappa shape index (κ2) is 10.7. The first kappa shape index (κ1) is 24.0. The number of nitriles is 1. The van der Waals surface area contributed by atoms with E-state index in [4.69, 9.17) is 19.7 Å². The van der Waals surface area contributed by atoms with Crippen molar-refractivity contribution >= 4 is 49.0 Å². The summed E-state index contributed by atoms with van der Waals surface area (Å²) < 4.78 is 13.9. The second-order valence-corrected chi connectivity index (χ2v) is 8.78. The molecule has 32 heavy (non-hydrogen) atoms. The number of hydrogen-bond acceptors (Lipinski definition) is 6. The van der Waals surface area contributed by atoms with Crippen molar-refractivity contribution in [1.29, 1.82) is 5.26 Å². The predicted molar refractivity (Wildman–Crippen MR) is 132 cm³/mol. The molecule has 1 atom stereocenters. The van der Waals surface area contributed by atoms with Gasteiger partial charge in [0.05, 0.1) is 28.2 Å². The number of halogens is 2. The molecule has 1 aromatic heterocycles.